The summed E-state index contributed by atoms with van der Waals surface area (Å²) in [5.74, 6) is 0.436. The van der Waals surface area contributed by atoms with Crippen LogP contribution in [0.3, 0.4) is 0 Å². The lowest BCUT2D eigenvalue weighted by Crippen LogP contribution is -2.23. The summed E-state index contributed by atoms with van der Waals surface area (Å²) in [6, 6.07) is 9.85. The number of hydrogen-bond donors (Lipinski definition) is 1. The zero-order valence-electron chi connectivity index (χ0n) is 14.3. The molecule has 0 aliphatic heterocycles. The average Bonchev–Trinajstić information content (AvgIpc) is 3.06. The van der Waals surface area contributed by atoms with Crippen LogP contribution in [0.5, 0.6) is 0 Å². The van der Waals surface area contributed by atoms with Crippen LogP contribution in [0, 0.1) is 5.92 Å². The van der Waals surface area contributed by atoms with Crippen molar-refractivity contribution in [3.8, 4) is 5.69 Å². The number of para-hydroxylation sites is 1. The quantitative estimate of drug-likeness (QED) is 0.569. The van der Waals surface area contributed by atoms with Crippen LogP contribution in [0.25, 0.3) is 11.8 Å². The Hall–Kier alpha value is -2.40. The van der Waals surface area contributed by atoms with E-state index in [4.69, 9.17) is 4.74 Å². The summed E-state index contributed by atoms with van der Waals surface area (Å²) >= 11 is 0. The first-order valence-electron chi connectivity index (χ1n) is 8.29. The van der Waals surface area contributed by atoms with Crippen LogP contribution in [-0.2, 0) is 9.53 Å². The minimum atomic E-state index is -0.105. The number of aromatic nitrogens is 2. The molecule has 0 atom stereocenters. The van der Waals surface area contributed by atoms with Gasteiger partial charge in [0.05, 0.1) is 11.9 Å². The first-order chi connectivity index (χ1) is 11.6. The SMILES string of the molecule is CC(C)COCCCNC(=O)/C=C/c1cnn(-c2ccccc2)c1. The van der Waals surface area contributed by atoms with E-state index in [0.717, 1.165) is 24.3 Å². The molecule has 0 bridgehead atoms. The molecule has 128 valence electrons. The average molecular weight is 327 g/mol. The van der Waals surface area contributed by atoms with Gasteiger partial charge in [0.2, 0.25) is 5.91 Å². The van der Waals surface area contributed by atoms with Gasteiger partial charge in [-0.05, 0) is 30.5 Å². The van der Waals surface area contributed by atoms with Gasteiger partial charge in [-0.2, -0.15) is 5.10 Å². The van der Waals surface area contributed by atoms with Gasteiger partial charge in [0, 0.05) is 37.6 Å². The molecule has 0 radical (unpaired) electrons. The van der Waals surface area contributed by atoms with E-state index in [2.05, 4.69) is 24.3 Å². The van der Waals surface area contributed by atoms with Gasteiger partial charge in [-0.15, -0.1) is 0 Å². The molecular weight excluding hydrogens is 302 g/mol. The Balaban J connectivity index is 1.71. The molecule has 0 saturated heterocycles. The third-order valence-corrected chi connectivity index (χ3v) is 3.27. The molecule has 0 unspecified atom stereocenters. The van der Waals surface area contributed by atoms with Gasteiger partial charge in [-0.3, -0.25) is 4.79 Å². The Bertz CT molecular complexity index is 648. The predicted molar refractivity (Wildman–Crippen MR) is 95.9 cm³/mol. The van der Waals surface area contributed by atoms with Gasteiger partial charge in [0.1, 0.15) is 0 Å². The van der Waals surface area contributed by atoms with Crippen LogP contribution in [0.1, 0.15) is 25.8 Å². The van der Waals surface area contributed by atoms with Crippen molar-refractivity contribution in [1.82, 2.24) is 15.1 Å². The fourth-order valence-electron chi connectivity index (χ4n) is 2.08. The molecule has 1 N–H and O–H groups in total. The molecule has 0 saturated carbocycles. The fourth-order valence-corrected chi connectivity index (χ4v) is 2.08. The van der Waals surface area contributed by atoms with Crippen LogP contribution < -0.4 is 5.32 Å². The summed E-state index contributed by atoms with van der Waals surface area (Å²) in [7, 11) is 0. The van der Waals surface area contributed by atoms with Crippen molar-refractivity contribution in [3.63, 3.8) is 0 Å². The predicted octanol–water partition coefficient (Wildman–Crippen LogP) is 3.06. The minimum absolute atomic E-state index is 0.105. The van der Waals surface area contributed by atoms with E-state index in [1.54, 1.807) is 17.0 Å². The monoisotopic (exact) mass is 327 g/mol. The van der Waals surface area contributed by atoms with Crippen LogP contribution in [-0.4, -0.2) is 35.4 Å². The molecule has 1 aromatic carbocycles. The molecule has 2 rings (SSSR count). The largest absolute Gasteiger partial charge is 0.381 e. The molecule has 1 aromatic heterocycles. The Labute approximate surface area is 143 Å². The fraction of sp³-hybridized carbons (Fsp3) is 0.368. The lowest BCUT2D eigenvalue weighted by molar-refractivity contribution is -0.116. The number of rotatable bonds is 9. The first-order valence-corrected chi connectivity index (χ1v) is 8.29. The minimum Gasteiger partial charge on any atom is -0.381 e. The van der Waals surface area contributed by atoms with Gasteiger partial charge in [0.15, 0.2) is 0 Å². The van der Waals surface area contributed by atoms with Crippen molar-refractivity contribution >= 4 is 12.0 Å². The van der Waals surface area contributed by atoms with E-state index in [-0.39, 0.29) is 5.91 Å². The normalized spacial score (nSPS) is 11.3. The number of hydrogen-bond acceptors (Lipinski definition) is 3. The Morgan fingerprint density at radius 1 is 1.33 bits per heavy atom. The van der Waals surface area contributed by atoms with Crippen molar-refractivity contribution in [2.75, 3.05) is 19.8 Å². The number of benzene rings is 1. The summed E-state index contributed by atoms with van der Waals surface area (Å²) < 4.78 is 7.25. The highest BCUT2D eigenvalue weighted by Crippen LogP contribution is 2.08. The Morgan fingerprint density at radius 2 is 2.12 bits per heavy atom. The second-order valence-corrected chi connectivity index (χ2v) is 6.00. The van der Waals surface area contributed by atoms with Gasteiger partial charge >= 0.3 is 0 Å². The zero-order chi connectivity index (χ0) is 17.2. The van der Waals surface area contributed by atoms with E-state index in [9.17, 15) is 4.79 Å². The molecule has 1 amide bonds. The summed E-state index contributed by atoms with van der Waals surface area (Å²) in [5, 5.41) is 7.14. The highest BCUT2D eigenvalue weighted by Gasteiger charge is 2.00. The molecule has 5 nitrogen and oxygen atoms in total. The number of carbonyl (C=O) groups is 1. The molecule has 0 aliphatic rings. The third kappa shape index (κ3) is 6.38. The van der Waals surface area contributed by atoms with Crippen LogP contribution in [0.2, 0.25) is 0 Å². The lowest BCUT2D eigenvalue weighted by Gasteiger charge is -2.06. The summed E-state index contributed by atoms with van der Waals surface area (Å²) in [5.41, 5.74) is 1.87. The van der Waals surface area contributed by atoms with Crippen LogP contribution in [0.15, 0.2) is 48.8 Å². The highest BCUT2D eigenvalue weighted by atomic mass is 16.5. The maximum absolute atomic E-state index is 11.8. The third-order valence-electron chi connectivity index (χ3n) is 3.27. The van der Waals surface area contributed by atoms with Gasteiger partial charge in [-0.25, -0.2) is 4.68 Å². The molecule has 24 heavy (non-hydrogen) atoms. The van der Waals surface area contributed by atoms with Crippen molar-refractivity contribution in [2.45, 2.75) is 20.3 Å². The van der Waals surface area contributed by atoms with E-state index in [1.165, 1.54) is 6.08 Å². The molecule has 0 fully saturated rings. The smallest absolute Gasteiger partial charge is 0.244 e. The second-order valence-electron chi connectivity index (χ2n) is 6.00. The van der Waals surface area contributed by atoms with Gasteiger partial charge in [-0.1, -0.05) is 32.0 Å². The van der Waals surface area contributed by atoms with Crippen molar-refractivity contribution < 1.29 is 9.53 Å². The van der Waals surface area contributed by atoms with E-state index in [0.29, 0.717) is 19.1 Å². The molecule has 1 heterocycles. The Morgan fingerprint density at radius 3 is 2.88 bits per heavy atom. The summed E-state index contributed by atoms with van der Waals surface area (Å²) in [6.07, 6.45) is 7.73. The number of carbonyl (C=O) groups excluding carboxylic acids is 1. The van der Waals surface area contributed by atoms with Crippen LogP contribution in [0.4, 0.5) is 0 Å². The molecule has 0 aliphatic carbocycles. The first kappa shape index (κ1) is 17.9. The maximum atomic E-state index is 11.8. The van der Waals surface area contributed by atoms with Gasteiger partial charge < -0.3 is 10.1 Å². The zero-order valence-corrected chi connectivity index (χ0v) is 14.3. The van der Waals surface area contributed by atoms with Crippen molar-refractivity contribution in [2.24, 2.45) is 5.92 Å². The van der Waals surface area contributed by atoms with Crippen molar-refractivity contribution in [1.29, 1.82) is 0 Å². The number of ether oxygens (including phenoxy) is 1. The Kier molecular flexibility index (Phi) is 7.23. The number of nitrogens with one attached hydrogen (secondary N) is 1. The van der Waals surface area contributed by atoms with Crippen LogP contribution >= 0.6 is 0 Å². The lowest BCUT2D eigenvalue weighted by atomic mass is 10.2. The highest BCUT2D eigenvalue weighted by molar-refractivity contribution is 5.91. The summed E-state index contributed by atoms with van der Waals surface area (Å²) in [6.45, 7) is 6.29. The second kappa shape index (κ2) is 9.67. The topological polar surface area (TPSA) is 56.1 Å². The molecule has 0 spiro atoms. The maximum Gasteiger partial charge on any atom is 0.244 e. The van der Waals surface area contributed by atoms with E-state index < -0.39 is 0 Å². The van der Waals surface area contributed by atoms with Crippen molar-refractivity contribution in [3.05, 3.63) is 54.4 Å². The molecule has 2 aromatic rings. The van der Waals surface area contributed by atoms with Gasteiger partial charge in [0.25, 0.3) is 0 Å². The van der Waals surface area contributed by atoms with E-state index in [1.807, 2.05) is 36.5 Å². The number of nitrogens with zero attached hydrogens (tertiary/aromatic N) is 2. The molecule has 5 heteroatoms. The molecular formula is C19H25N3O2. The van der Waals surface area contributed by atoms with E-state index >= 15 is 0 Å². The standard InChI is InChI=1S/C19H25N3O2/c1-16(2)15-24-12-6-11-20-19(23)10-9-17-13-21-22(14-17)18-7-4-3-5-8-18/h3-5,7-10,13-14,16H,6,11-12,15H2,1-2H3,(H,20,23)/b10-9+. The summed E-state index contributed by atoms with van der Waals surface area (Å²) in [4.78, 5) is 11.8. The number of amides is 1.